The number of imide groups is 1. The van der Waals surface area contributed by atoms with Gasteiger partial charge in [0, 0.05) is 27.7 Å². The summed E-state index contributed by atoms with van der Waals surface area (Å²) in [6.45, 7) is 4.02. The first-order valence-corrected chi connectivity index (χ1v) is 10.9. The number of allylic oxidation sites excluding steroid dienone is 2. The minimum Gasteiger partial charge on any atom is -0.318 e. The Labute approximate surface area is 180 Å². The van der Waals surface area contributed by atoms with Gasteiger partial charge in [-0.05, 0) is 68.2 Å². The fraction of sp³-hybridized carbons (Fsp3) is 0.375. The average Bonchev–Trinajstić information content (AvgIpc) is 3.45. The number of amides is 2. The molecule has 1 aliphatic heterocycles. The van der Waals surface area contributed by atoms with E-state index in [9.17, 15) is 9.59 Å². The van der Waals surface area contributed by atoms with E-state index in [4.69, 9.17) is 11.6 Å². The van der Waals surface area contributed by atoms with Crippen molar-refractivity contribution in [3.8, 4) is 5.69 Å². The molecule has 5 nitrogen and oxygen atoms in total. The average molecular weight is 420 g/mol. The molecule has 0 N–H and O–H groups in total. The third-order valence-corrected chi connectivity index (χ3v) is 7.72. The zero-order valence-electron chi connectivity index (χ0n) is 16.8. The molecule has 2 bridgehead atoms. The van der Waals surface area contributed by atoms with Gasteiger partial charge in [-0.2, -0.15) is 10.1 Å². The van der Waals surface area contributed by atoms with Gasteiger partial charge in [-0.25, -0.2) is 0 Å². The van der Waals surface area contributed by atoms with Crippen molar-refractivity contribution in [3.63, 3.8) is 0 Å². The van der Waals surface area contributed by atoms with Crippen molar-refractivity contribution < 1.29 is 9.59 Å². The first kappa shape index (κ1) is 18.1. The van der Waals surface area contributed by atoms with E-state index >= 15 is 0 Å². The highest BCUT2D eigenvalue weighted by atomic mass is 35.5. The van der Waals surface area contributed by atoms with Crippen LogP contribution in [-0.4, -0.2) is 27.6 Å². The molecule has 0 unspecified atom stereocenters. The molecular formula is C24H22ClN3O2. The molecule has 7 rings (SSSR count). The molecule has 152 valence electrons. The first-order valence-electron chi connectivity index (χ1n) is 10.5. The third-order valence-electron chi connectivity index (χ3n) is 7.49. The fourth-order valence-corrected chi connectivity index (χ4v) is 6.29. The van der Waals surface area contributed by atoms with E-state index in [0.29, 0.717) is 16.9 Å². The Hall–Kier alpha value is -2.66. The summed E-state index contributed by atoms with van der Waals surface area (Å²) < 4.78 is 2.10. The number of carbonyl (C=O) groups is 2. The van der Waals surface area contributed by atoms with Gasteiger partial charge in [0.25, 0.3) is 11.8 Å². The summed E-state index contributed by atoms with van der Waals surface area (Å²) in [5, 5.41) is 6.20. The third kappa shape index (κ3) is 2.38. The molecule has 30 heavy (non-hydrogen) atoms. The molecule has 1 saturated heterocycles. The molecule has 3 fully saturated rings. The van der Waals surface area contributed by atoms with Crippen LogP contribution in [0.1, 0.15) is 23.4 Å². The van der Waals surface area contributed by atoms with Crippen molar-refractivity contribution in [1.82, 2.24) is 9.58 Å². The van der Waals surface area contributed by atoms with Gasteiger partial charge < -0.3 is 4.57 Å². The Morgan fingerprint density at radius 2 is 1.70 bits per heavy atom. The van der Waals surface area contributed by atoms with E-state index in [1.807, 2.05) is 44.2 Å². The lowest BCUT2D eigenvalue weighted by atomic mass is 9.63. The molecule has 6 atom stereocenters. The van der Waals surface area contributed by atoms with Crippen LogP contribution < -0.4 is 0 Å². The lowest BCUT2D eigenvalue weighted by Gasteiger charge is -2.37. The van der Waals surface area contributed by atoms with Crippen LogP contribution in [0.15, 0.2) is 47.6 Å². The highest BCUT2D eigenvalue weighted by Gasteiger charge is 2.67. The largest absolute Gasteiger partial charge is 0.318 e. The summed E-state index contributed by atoms with van der Waals surface area (Å²) in [5.74, 6) is 0.935. The molecule has 2 aromatic rings. The van der Waals surface area contributed by atoms with Gasteiger partial charge >= 0.3 is 0 Å². The maximum atomic E-state index is 13.1. The van der Waals surface area contributed by atoms with Crippen LogP contribution in [0.2, 0.25) is 5.02 Å². The van der Waals surface area contributed by atoms with Crippen molar-refractivity contribution in [2.75, 3.05) is 0 Å². The van der Waals surface area contributed by atoms with Gasteiger partial charge in [0.05, 0.1) is 18.1 Å². The summed E-state index contributed by atoms with van der Waals surface area (Å²) >= 11 is 6.16. The fourth-order valence-electron chi connectivity index (χ4n) is 6.11. The second-order valence-corrected chi connectivity index (χ2v) is 9.47. The van der Waals surface area contributed by atoms with Gasteiger partial charge in [0.1, 0.15) is 0 Å². The van der Waals surface area contributed by atoms with Gasteiger partial charge in [-0.15, -0.1) is 0 Å². The smallest absolute Gasteiger partial charge is 0.254 e. The zero-order valence-corrected chi connectivity index (χ0v) is 17.6. The Morgan fingerprint density at radius 3 is 2.33 bits per heavy atom. The van der Waals surface area contributed by atoms with Crippen LogP contribution in [0.25, 0.3) is 5.69 Å². The minimum atomic E-state index is -0.215. The second kappa shape index (κ2) is 6.17. The number of halogens is 1. The Morgan fingerprint density at radius 1 is 1.03 bits per heavy atom. The molecule has 2 heterocycles. The predicted molar refractivity (Wildman–Crippen MR) is 114 cm³/mol. The Balaban J connectivity index is 1.31. The number of benzene rings is 1. The molecule has 2 saturated carbocycles. The van der Waals surface area contributed by atoms with Crippen molar-refractivity contribution in [2.24, 2.45) is 40.6 Å². The minimum absolute atomic E-state index is 0.130. The Kier molecular flexibility index (Phi) is 3.73. The number of hydrogen-bond donors (Lipinski definition) is 0. The van der Waals surface area contributed by atoms with Crippen LogP contribution in [-0.2, 0) is 9.59 Å². The van der Waals surface area contributed by atoms with E-state index in [2.05, 4.69) is 21.8 Å². The van der Waals surface area contributed by atoms with Crippen LogP contribution >= 0.6 is 11.6 Å². The summed E-state index contributed by atoms with van der Waals surface area (Å²) in [5.41, 5.74) is 3.87. The SMILES string of the molecule is Cc1cc(/C=N\N2C(=O)[C@@H]3[C@H]4C=C[C@@H]([C@@H]5C[C@@H]45)[C@H]3C2=O)c(C)n1-c1cccc(Cl)c1. The topological polar surface area (TPSA) is 54.7 Å². The van der Waals surface area contributed by atoms with Gasteiger partial charge in [-0.1, -0.05) is 29.8 Å². The molecule has 0 spiro atoms. The van der Waals surface area contributed by atoms with Crippen LogP contribution in [0.3, 0.4) is 0 Å². The van der Waals surface area contributed by atoms with E-state index in [1.165, 1.54) is 0 Å². The van der Waals surface area contributed by atoms with Crippen molar-refractivity contribution in [1.29, 1.82) is 0 Å². The van der Waals surface area contributed by atoms with Crippen LogP contribution in [0, 0.1) is 49.4 Å². The molecule has 5 aliphatic rings. The molecule has 4 aliphatic carbocycles. The van der Waals surface area contributed by atoms with Crippen molar-refractivity contribution >= 4 is 29.6 Å². The maximum Gasteiger partial charge on any atom is 0.254 e. The van der Waals surface area contributed by atoms with Crippen molar-refractivity contribution in [2.45, 2.75) is 20.3 Å². The van der Waals surface area contributed by atoms with Crippen molar-refractivity contribution in [3.05, 3.63) is 64.5 Å². The number of hydrazone groups is 1. The van der Waals surface area contributed by atoms with Gasteiger partial charge in [0.15, 0.2) is 0 Å². The zero-order chi connectivity index (χ0) is 20.7. The van der Waals surface area contributed by atoms with E-state index in [1.54, 1.807) is 6.21 Å². The number of hydrogen-bond acceptors (Lipinski definition) is 3. The quantitative estimate of drug-likeness (QED) is 0.426. The molecule has 2 amide bonds. The lowest BCUT2D eigenvalue weighted by Crippen LogP contribution is -2.40. The van der Waals surface area contributed by atoms with Crippen LogP contribution in [0.4, 0.5) is 0 Å². The van der Waals surface area contributed by atoms with Gasteiger partial charge in [0.2, 0.25) is 0 Å². The van der Waals surface area contributed by atoms with E-state index in [0.717, 1.165) is 34.1 Å². The first-order chi connectivity index (χ1) is 14.5. The molecule has 6 heteroatoms. The predicted octanol–water partition coefficient (Wildman–Crippen LogP) is 4.13. The normalized spacial score (nSPS) is 33.5. The lowest BCUT2D eigenvalue weighted by molar-refractivity contribution is -0.140. The molecule has 0 radical (unpaired) electrons. The molecular weight excluding hydrogens is 398 g/mol. The van der Waals surface area contributed by atoms with Gasteiger partial charge in [-0.3, -0.25) is 9.59 Å². The number of rotatable bonds is 3. The van der Waals surface area contributed by atoms with Crippen LogP contribution in [0.5, 0.6) is 0 Å². The summed E-state index contributed by atoms with van der Waals surface area (Å²) in [6, 6.07) is 9.68. The van der Waals surface area contributed by atoms with E-state index in [-0.39, 0.29) is 35.5 Å². The molecule has 1 aromatic carbocycles. The molecule has 1 aromatic heterocycles. The number of carbonyl (C=O) groups excluding carboxylic acids is 2. The number of nitrogens with zero attached hydrogens (tertiary/aromatic N) is 3. The summed E-state index contributed by atoms with van der Waals surface area (Å²) in [7, 11) is 0. The highest BCUT2D eigenvalue weighted by Crippen LogP contribution is 2.65. The second-order valence-electron chi connectivity index (χ2n) is 9.03. The summed E-state index contributed by atoms with van der Waals surface area (Å²) in [6.07, 6.45) is 7.16. The summed E-state index contributed by atoms with van der Waals surface area (Å²) in [4.78, 5) is 26.2. The monoisotopic (exact) mass is 419 g/mol. The van der Waals surface area contributed by atoms with E-state index < -0.39 is 0 Å². The maximum absolute atomic E-state index is 13.1. The standard InChI is InChI=1S/C24H22ClN3O2/c1-12-8-14(13(2)27(12)16-5-3-4-15(25)9-16)11-26-28-23(29)21-17-6-7-18(20-10-19(17)20)22(21)24(28)30/h3-9,11,17-22H,10H2,1-2H3/b26-11-/t17-,18-,19-,20-,21+,22+/m0/s1. The number of aryl methyl sites for hydroxylation is 1. The highest BCUT2D eigenvalue weighted by molar-refractivity contribution is 6.30. The Bertz CT molecular complexity index is 1130. The number of aromatic nitrogens is 1.